The van der Waals surface area contributed by atoms with Crippen LogP contribution in [0.1, 0.15) is 41.5 Å². The summed E-state index contributed by atoms with van der Waals surface area (Å²) in [7, 11) is 1.21. The molecule has 0 spiro atoms. The molecule has 2 atom stereocenters. The van der Waals surface area contributed by atoms with Gasteiger partial charge in [-0.25, -0.2) is 0 Å². The summed E-state index contributed by atoms with van der Waals surface area (Å²) >= 11 is 0. The molecule has 96 valence electrons. The highest BCUT2D eigenvalue weighted by Crippen LogP contribution is 2.39. The van der Waals surface area contributed by atoms with Gasteiger partial charge in [0.1, 0.15) is 0 Å². The highest BCUT2D eigenvalue weighted by molar-refractivity contribution is 6.16. The van der Waals surface area contributed by atoms with Gasteiger partial charge < -0.3 is 0 Å². The van der Waals surface area contributed by atoms with Crippen molar-refractivity contribution >= 4 is 15.8 Å². The second-order valence-corrected chi connectivity index (χ2v) is 6.83. The molecule has 2 aromatic rings. The summed E-state index contributed by atoms with van der Waals surface area (Å²) in [6, 6.07) is 19.8. The summed E-state index contributed by atoms with van der Waals surface area (Å²) < 4.78 is 0. The zero-order chi connectivity index (χ0) is 13.2. The van der Waals surface area contributed by atoms with E-state index in [1.807, 2.05) is 0 Å². The molecule has 0 bridgehead atoms. The number of hydrogen-bond donors (Lipinski definition) is 0. The molecular formula is C18H20Si. The molecule has 2 aromatic carbocycles. The second-order valence-electron chi connectivity index (χ2n) is 5.58. The first-order chi connectivity index (χ1) is 9.25. The fourth-order valence-electron chi connectivity index (χ4n) is 3.08. The Kier molecular flexibility index (Phi) is 3.39. The van der Waals surface area contributed by atoms with E-state index in [0.29, 0.717) is 11.5 Å². The minimum atomic E-state index is 0.590. The Hall–Kier alpha value is -1.60. The van der Waals surface area contributed by atoms with Crippen LogP contribution in [-0.4, -0.2) is 10.2 Å². The normalized spacial score (nSPS) is 19.0. The lowest BCUT2D eigenvalue weighted by Gasteiger charge is -2.13. The Morgan fingerprint density at radius 1 is 1.00 bits per heavy atom. The van der Waals surface area contributed by atoms with Gasteiger partial charge in [-0.1, -0.05) is 67.6 Å². The molecular weight excluding hydrogens is 244 g/mol. The van der Waals surface area contributed by atoms with Gasteiger partial charge >= 0.3 is 0 Å². The van der Waals surface area contributed by atoms with Crippen molar-refractivity contribution in [2.24, 2.45) is 0 Å². The van der Waals surface area contributed by atoms with E-state index in [4.69, 9.17) is 0 Å². The Morgan fingerprint density at radius 3 is 2.47 bits per heavy atom. The van der Waals surface area contributed by atoms with Crippen LogP contribution < -0.4 is 0 Å². The van der Waals surface area contributed by atoms with Crippen molar-refractivity contribution in [3.05, 3.63) is 77.4 Å². The third-order valence-corrected chi connectivity index (χ3v) is 5.10. The van der Waals surface area contributed by atoms with E-state index < -0.39 is 0 Å². The largest absolute Gasteiger partial charge is 0.0769 e. The van der Waals surface area contributed by atoms with Crippen LogP contribution >= 0.6 is 0 Å². The average Bonchev–Trinajstić information content (AvgIpc) is 2.77. The predicted molar refractivity (Wildman–Crippen MR) is 86.6 cm³/mol. The number of hydrogen-bond acceptors (Lipinski definition) is 0. The maximum absolute atomic E-state index is 2.50. The molecule has 0 aromatic heterocycles. The van der Waals surface area contributed by atoms with Crippen molar-refractivity contribution in [1.29, 1.82) is 0 Å². The Labute approximate surface area is 118 Å². The molecule has 2 unspecified atom stereocenters. The lowest BCUT2D eigenvalue weighted by atomic mass is 9.91. The van der Waals surface area contributed by atoms with Crippen molar-refractivity contribution in [2.75, 3.05) is 0 Å². The van der Waals surface area contributed by atoms with Crippen molar-refractivity contribution in [3.63, 3.8) is 0 Å². The van der Waals surface area contributed by atoms with Gasteiger partial charge in [-0.3, -0.25) is 0 Å². The monoisotopic (exact) mass is 264 g/mol. The van der Waals surface area contributed by atoms with Gasteiger partial charge in [-0.15, -0.1) is 0 Å². The van der Waals surface area contributed by atoms with E-state index >= 15 is 0 Å². The minimum absolute atomic E-state index is 0.590. The van der Waals surface area contributed by atoms with Crippen LogP contribution in [0.5, 0.6) is 0 Å². The number of fused-ring (bicyclic) bond motifs is 1. The van der Waals surface area contributed by atoms with Crippen LogP contribution in [0.2, 0.25) is 0 Å². The summed E-state index contributed by atoms with van der Waals surface area (Å²) in [6.07, 6.45) is 3.65. The quantitative estimate of drug-likeness (QED) is 0.742. The van der Waals surface area contributed by atoms with Crippen LogP contribution in [0.3, 0.4) is 0 Å². The van der Waals surface area contributed by atoms with E-state index in [0.717, 1.165) is 6.42 Å². The molecule has 1 aliphatic carbocycles. The summed E-state index contributed by atoms with van der Waals surface area (Å²) in [4.78, 5) is 0. The maximum Gasteiger partial charge on any atom is 0.0171 e. The summed E-state index contributed by atoms with van der Waals surface area (Å²) in [6.45, 7) is 2.33. The van der Waals surface area contributed by atoms with Gasteiger partial charge in [-0.05, 0) is 40.1 Å². The van der Waals surface area contributed by atoms with Crippen LogP contribution in [0.15, 0.2) is 60.7 Å². The molecule has 0 heterocycles. The molecule has 0 aliphatic heterocycles. The van der Waals surface area contributed by atoms with Crippen LogP contribution in [0.4, 0.5) is 0 Å². The molecule has 1 heteroatoms. The number of rotatable bonds is 3. The summed E-state index contributed by atoms with van der Waals surface area (Å²) in [5, 5.41) is 0. The number of allylic oxidation sites excluding steroid dienone is 2. The zero-order valence-corrected chi connectivity index (χ0v) is 13.6. The molecule has 1 aliphatic rings. The first-order valence-corrected chi connectivity index (χ1v) is 8.26. The second kappa shape index (κ2) is 5.18. The van der Waals surface area contributed by atoms with Crippen molar-refractivity contribution < 1.29 is 0 Å². The third kappa shape index (κ3) is 2.43. The average molecular weight is 264 g/mol. The van der Waals surface area contributed by atoms with Crippen molar-refractivity contribution in [1.82, 2.24) is 0 Å². The third-order valence-electron chi connectivity index (χ3n) is 4.14. The van der Waals surface area contributed by atoms with Crippen molar-refractivity contribution in [2.45, 2.75) is 24.8 Å². The maximum atomic E-state index is 2.50. The fourth-order valence-corrected chi connectivity index (χ4v) is 3.98. The van der Waals surface area contributed by atoms with E-state index in [9.17, 15) is 0 Å². The summed E-state index contributed by atoms with van der Waals surface area (Å²) in [5.41, 5.74) is 6.73. The number of benzene rings is 2. The SMILES string of the molecule is CC(CC1=CC([SiH3])c2ccccc21)c1ccccc1. The highest BCUT2D eigenvalue weighted by atomic mass is 28.1. The van der Waals surface area contributed by atoms with Crippen LogP contribution in [0, 0.1) is 0 Å². The predicted octanol–water partition coefficient (Wildman–Crippen LogP) is 3.68. The fraction of sp³-hybridized carbons (Fsp3) is 0.222. The Morgan fingerprint density at radius 2 is 1.68 bits per heavy atom. The Balaban J connectivity index is 1.84. The van der Waals surface area contributed by atoms with E-state index in [-0.39, 0.29) is 0 Å². The lowest BCUT2D eigenvalue weighted by molar-refractivity contribution is 0.792. The topological polar surface area (TPSA) is 0 Å². The molecule has 0 N–H and O–H groups in total. The highest BCUT2D eigenvalue weighted by Gasteiger charge is 2.20. The molecule has 0 nitrogen and oxygen atoms in total. The van der Waals surface area contributed by atoms with Gasteiger partial charge in [0.15, 0.2) is 0 Å². The molecule has 0 saturated carbocycles. The van der Waals surface area contributed by atoms with Gasteiger partial charge in [0.25, 0.3) is 0 Å². The van der Waals surface area contributed by atoms with E-state index in [2.05, 4.69) is 67.6 Å². The van der Waals surface area contributed by atoms with E-state index in [1.165, 1.54) is 21.4 Å². The first-order valence-electron chi connectivity index (χ1n) is 7.10. The minimum Gasteiger partial charge on any atom is -0.0769 e. The van der Waals surface area contributed by atoms with Gasteiger partial charge in [-0.2, -0.15) is 0 Å². The standard InChI is InChI=1S/C18H20Si/c1-13(14-7-3-2-4-8-14)11-15-12-18(19)17-10-6-5-9-16(15)17/h2-10,12-13,18H,11H2,1,19H3. The summed E-state index contributed by atoms with van der Waals surface area (Å²) in [5.74, 6) is 0.590. The lowest BCUT2D eigenvalue weighted by Crippen LogP contribution is -1.95. The van der Waals surface area contributed by atoms with Crippen LogP contribution in [-0.2, 0) is 0 Å². The van der Waals surface area contributed by atoms with E-state index in [1.54, 1.807) is 11.1 Å². The molecule has 0 radical (unpaired) electrons. The smallest absolute Gasteiger partial charge is 0.0171 e. The molecule has 0 fully saturated rings. The first kappa shape index (κ1) is 12.4. The Bertz CT molecular complexity index is 598. The van der Waals surface area contributed by atoms with Crippen molar-refractivity contribution in [3.8, 4) is 0 Å². The van der Waals surface area contributed by atoms with Gasteiger partial charge in [0.05, 0.1) is 0 Å². The van der Waals surface area contributed by atoms with Crippen LogP contribution in [0.25, 0.3) is 5.57 Å². The molecule has 19 heavy (non-hydrogen) atoms. The zero-order valence-electron chi connectivity index (χ0n) is 11.6. The molecule has 3 rings (SSSR count). The van der Waals surface area contributed by atoms with Gasteiger partial charge in [0.2, 0.25) is 0 Å². The molecule has 0 saturated heterocycles. The van der Waals surface area contributed by atoms with Gasteiger partial charge in [0, 0.05) is 10.2 Å². The molecule has 0 amide bonds.